The second-order valence-corrected chi connectivity index (χ2v) is 23.9. The van der Waals surface area contributed by atoms with Gasteiger partial charge in [-0.2, -0.15) is 8.42 Å². The molecule has 0 radical (unpaired) electrons. The van der Waals surface area contributed by atoms with E-state index in [4.69, 9.17) is 0 Å². The number of piperidine rings is 1. The van der Waals surface area contributed by atoms with Crippen LogP contribution in [0.2, 0.25) is 0 Å². The first-order valence-electron chi connectivity index (χ1n) is 24.0. The molecule has 4 saturated carbocycles. The van der Waals surface area contributed by atoms with Gasteiger partial charge in [-0.15, -0.1) is 6.58 Å². The number of hydrogen-bond donors (Lipinski definition) is 2. The smallest absolute Gasteiger partial charge is 0.325 e. The number of ketones is 2. The van der Waals surface area contributed by atoms with Crippen LogP contribution in [0, 0.1) is 44.8 Å². The number of nitrogens with zero attached hydrogens (tertiary/aromatic N) is 3. The molecule has 2 spiro atoms. The molecule has 63 heavy (non-hydrogen) atoms. The summed E-state index contributed by atoms with van der Waals surface area (Å²) < 4.78 is 30.3. The van der Waals surface area contributed by atoms with Crippen LogP contribution in [-0.4, -0.2) is 91.8 Å². The fraction of sp³-hybridized carbons (Fsp3) is 0.740. The number of benzene rings is 1. The second kappa shape index (κ2) is 17.3. The molecule has 2 heterocycles. The van der Waals surface area contributed by atoms with Crippen molar-refractivity contribution in [2.45, 2.75) is 169 Å². The molecule has 2 aliphatic heterocycles. The molecule has 0 unspecified atom stereocenters. The zero-order valence-electron chi connectivity index (χ0n) is 39.3. The predicted octanol–water partition coefficient (Wildman–Crippen LogP) is 7.38. The van der Waals surface area contributed by atoms with Crippen molar-refractivity contribution in [2.75, 3.05) is 24.4 Å². The molecule has 12 nitrogen and oxygen atoms in total. The van der Waals surface area contributed by atoms with E-state index in [1.165, 1.54) is 7.05 Å². The first-order valence-corrected chi connectivity index (χ1v) is 25.4. The largest absolute Gasteiger partial charge is 0.345 e. The number of nitrogens with one attached hydrogen (secondary N) is 2. The van der Waals surface area contributed by atoms with Crippen molar-refractivity contribution in [1.82, 2.24) is 19.8 Å². The summed E-state index contributed by atoms with van der Waals surface area (Å²) in [5.41, 5.74) is -2.01. The monoisotopic (exact) mass is 890 g/mol. The van der Waals surface area contributed by atoms with Gasteiger partial charge in [-0.1, -0.05) is 91.0 Å². The highest BCUT2D eigenvalue weighted by atomic mass is 32.2. The Bertz CT molecular complexity index is 2050. The molecule has 1 aromatic carbocycles. The average Bonchev–Trinajstić information content (AvgIpc) is 3.96. The molecular weight excluding hydrogens is 815 g/mol. The van der Waals surface area contributed by atoms with Crippen LogP contribution in [0.25, 0.3) is 0 Å². The molecular formula is C50H75N5O7S. The van der Waals surface area contributed by atoms with E-state index >= 15 is 9.59 Å². The minimum Gasteiger partial charge on any atom is -0.345 e. The van der Waals surface area contributed by atoms with E-state index in [2.05, 4.69) is 49.2 Å². The minimum absolute atomic E-state index is 0.00731. The van der Waals surface area contributed by atoms with Crippen LogP contribution >= 0.6 is 0 Å². The van der Waals surface area contributed by atoms with Gasteiger partial charge in [-0.3, -0.25) is 33.2 Å². The molecule has 4 aliphatic carbocycles. The van der Waals surface area contributed by atoms with E-state index in [1.54, 1.807) is 41.3 Å². The van der Waals surface area contributed by atoms with Gasteiger partial charge in [0.25, 0.3) is 0 Å². The molecule has 13 heteroatoms. The van der Waals surface area contributed by atoms with Crippen molar-refractivity contribution in [3.05, 3.63) is 43.0 Å². The Hall–Kier alpha value is -3.58. The average molecular weight is 890 g/mol. The molecule has 6 fully saturated rings. The first kappa shape index (κ1) is 47.4. The number of likely N-dealkylation sites (tertiary alicyclic amines) is 2. The van der Waals surface area contributed by atoms with Crippen molar-refractivity contribution in [3.8, 4) is 0 Å². The highest BCUT2D eigenvalue weighted by Gasteiger charge is 2.85. The Balaban J connectivity index is 1.15. The summed E-state index contributed by atoms with van der Waals surface area (Å²) in [6.07, 6.45) is 12.7. The number of Topliss-reactive ketones (excluding diaryl/α,β-unsaturated/α-hetero) is 2. The lowest BCUT2D eigenvalue weighted by Gasteiger charge is -2.40. The summed E-state index contributed by atoms with van der Waals surface area (Å²) in [5, 5.41) is 3.28. The molecule has 348 valence electrons. The third kappa shape index (κ3) is 8.33. The lowest BCUT2D eigenvalue weighted by atomic mass is 9.73. The molecule has 0 aromatic heterocycles. The number of para-hydroxylation sites is 1. The van der Waals surface area contributed by atoms with E-state index in [0.717, 1.165) is 81.5 Å². The van der Waals surface area contributed by atoms with Gasteiger partial charge in [0.2, 0.25) is 17.7 Å². The van der Waals surface area contributed by atoms with Gasteiger partial charge in [0.1, 0.15) is 0 Å². The molecule has 2 N–H and O–H groups in total. The van der Waals surface area contributed by atoms with E-state index in [9.17, 15) is 22.8 Å². The summed E-state index contributed by atoms with van der Waals surface area (Å²) in [5.74, 6) is -2.68. The Labute approximate surface area is 377 Å². The molecule has 1 aromatic rings. The van der Waals surface area contributed by atoms with Gasteiger partial charge in [0, 0.05) is 43.8 Å². The maximum atomic E-state index is 15.5. The zero-order chi connectivity index (χ0) is 45.9. The molecule has 7 atom stereocenters. The van der Waals surface area contributed by atoms with Crippen LogP contribution in [0.4, 0.5) is 5.69 Å². The summed E-state index contributed by atoms with van der Waals surface area (Å²) in [6.45, 7) is 19.8. The standard InChI is InChI=1S/C50H75N5O7S/c1-10-35-29-48(35,45(60)52-63(61,62)53(9)36-22-15-12-16-23-36)31-41(57)39-30-50(47(7,8)49(50)25-19-26-49)32-55(39)44(59)37(46(4,5)6)28-40(56)42(34-20-13-11-14-21-34)51-43(58)38-24-17-18-27-54(38)33(2)3/h10,12,15-16,22-23,33-35,37-39,42H,1,11,13-14,17-21,24-32H2,2-9H3,(H,51,58)(H,52,60)/t35-,37-,38+,39+,42+,48-,50-/m1/s1. The summed E-state index contributed by atoms with van der Waals surface area (Å²) in [7, 11) is -2.94. The fourth-order valence-corrected chi connectivity index (χ4v) is 14.1. The highest BCUT2D eigenvalue weighted by Crippen LogP contribution is 2.88. The molecule has 3 amide bonds. The number of hydrogen-bond acceptors (Lipinski definition) is 8. The molecule has 7 rings (SSSR count). The topological polar surface area (TPSA) is 153 Å². The van der Waals surface area contributed by atoms with E-state index < -0.39 is 50.9 Å². The third-order valence-electron chi connectivity index (χ3n) is 17.6. The lowest BCUT2D eigenvalue weighted by Crippen LogP contribution is -2.57. The van der Waals surface area contributed by atoms with Gasteiger partial charge < -0.3 is 10.2 Å². The van der Waals surface area contributed by atoms with Gasteiger partial charge >= 0.3 is 10.2 Å². The normalized spacial score (nSPS) is 30.0. The zero-order valence-corrected chi connectivity index (χ0v) is 40.2. The number of carbonyl (C=O) groups excluding carboxylic acids is 5. The van der Waals surface area contributed by atoms with Crippen LogP contribution in [0.15, 0.2) is 43.0 Å². The molecule has 6 aliphatic rings. The van der Waals surface area contributed by atoms with Crippen molar-refractivity contribution < 1.29 is 32.4 Å². The Kier molecular flexibility index (Phi) is 13.0. The Morgan fingerprint density at radius 3 is 2.11 bits per heavy atom. The maximum absolute atomic E-state index is 15.5. The van der Waals surface area contributed by atoms with E-state index in [0.29, 0.717) is 18.7 Å². The SMILES string of the molecule is C=C[C@@H]1C[C@]1(CC(=O)[C@@H]1C[C@@]2(CN1C(=O)[C@@H](CC(=O)[C@@H](NC(=O)[C@@H]1CCCCN1C(C)C)C1CCCCC1)C(C)(C)C)C(C)(C)C21CCC1)C(=O)NS(=O)(=O)N(C)c1ccccc1. The highest BCUT2D eigenvalue weighted by molar-refractivity contribution is 7.91. The fourth-order valence-electron chi connectivity index (χ4n) is 13.1. The van der Waals surface area contributed by atoms with Gasteiger partial charge in [-0.05, 0) is 112 Å². The molecule has 2 saturated heterocycles. The van der Waals surface area contributed by atoms with Crippen LogP contribution in [0.1, 0.15) is 145 Å². The van der Waals surface area contributed by atoms with Crippen LogP contribution in [0.5, 0.6) is 0 Å². The van der Waals surface area contributed by atoms with Crippen molar-refractivity contribution in [1.29, 1.82) is 0 Å². The van der Waals surface area contributed by atoms with E-state index in [1.807, 2.05) is 20.8 Å². The Morgan fingerprint density at radius 2 is 1.56 bits per heavy atom. The van der Waals surface area contributed by atoms with Crippen molar-refractivity contribution in [3.63, 3.8) is 0 Å². The van der Waals surface area contributed by atoms with Crippen LogP contribution < -0.4 is 14.3 Å². The minimum atomic E-state index is -4.31. The number of fused-ring (bicyclic) bond motifs is 1. The van der Waals surface area contributed by atoms with E-state index in [-0.39, 0.29) is 76.9 Å². The first-order chi connectivity index (χ1) is 29.6. The summed E-state index contributed by atoms with van der Waals surface area (Å²) >= 11 is 0. The molecule has 0 bridgehead atoms. The van der Waals surface area contributed by atoms with Crippen molar-refractivity contribution in [2.24, 2.45) is 44.8 Å². The number of amides is 3. The van der Waals surface area contributed by atoms with Gasteiger partial charge in [-0.25, -0.2) is 4.72 Å². The summed E-state index contributed by atoms with van der Waals surface area (Å²) in [4.78, 5) is 77.6. The third-order valence-corrected chi connectivity index (χ3v) is 18.9. The van der Waals surface area contributed by atoms with Crippen LogP contribution in [-0.2, 0) is 34.2 Å². The lowest BCUT2D eigenvalue weighted by molar-refractivity contribution is -0.147. The predicted molar refractivity (Wildman–Crippen MR) is 245 cm³/mol. The van der Waals surface area contributed by atoms with Gasteiger partial charge in [0.05, 0.1) is 29.2 Å². The quantitative estimate of drug-likeness (QED) is 0.163. The second-order valence-electron chi connectivity index (χ2n) is 22.2. The number of rotatable bonds is 16. The van der Waals surface area contributed by atoms with Crippen molar-refractivity contribution >= 4 is 45.2 Å². The Morgan fingerprint density at radius 1 is 0.905 bits per heavy atom. The number of allylic oxidation sites excluding steroid dienone is 1. The van der Waals surface area contributed by atoms with Crippen LogP contribution in [0.3, 0.4) is 0 Å². The number of anilines is 1. The van der Waals surface area contributed by atoms with Gasteiger partial charge in [0.15, 0.2) is 11.6 Å². The summed E-state index contributed by atoms with van der Waals surface area (Å²) in [6, 6.07) is 6.81. The maximum Gasteiger partial charge on any atom is 0.325 e. The number of carbonyl (C=O) groups is 5.